The van der Waals surface area contributed by atoms with Crippen molar-refractivity contribution in [1.29, 1.82) is 0 Å². The first kappa shape index (κ1) is 17.6. The Kier molecular flexibility index (Phi) is 5.65. The molecule has 1 atom stereocenters. The number of halogens is 1. The molecule has 0 saturated carbocycles. The molecule has 0 bridgehead atoms. The number of nitrogen functional groups attached to an aromatic ring is 1. The van der Waals surface area contributed by atoms with Gasteiger partial charge in [0.1, 0.15) is 5.82 Å². The van der Waals surface area contributed by atoms with E-state index in [2.05, 4.69) is 5.32 Å². The van der Waals surface area contributed by atoms with Gasteiger partial charge in [0.05, 0.1) is 5.56 Å². The van der Waals surface area contributed by atoms with E-state index in [-0.39, 0.29) is 11.9 Å². The van der Waals surface area contributed by atoms with Crippen LogP contribution in [0.4, 0.5) is 10.1 Å². The monoisotopic (exact) mass is 329 g/mol. The third-order valence-electron chi connectivity index (χ3n) is 3.85. The fourth-order valence-electron chi connectivity index (χ4n) is 2.34. The lowest BCUT2D eigenvalue weighted by molar-refractivity contribution is -0.111. The normalized spacial score (nSPS) is 11.8. The fourth-order valence-corrected chi connectivity index (χ4v) is 2.34. The summed E-state index contributed by atoms with van der Waals surface area (Å²) in [5.41, 5.74) is 13.7. The third-order valence-corrected chi connectivity index (χ3v) is 3.85. The van der Waals surface area contributed by atoms with E-state index in [0.29, 0.717) is 34.6 Å². The van der Waals surface area contributed by atoms with Crippen molar-refractivity contribution in [2.24, 2.45) is 5.73 Å². The smallest absolute Gasteiger partial charge is 0.251 e. The van der Waals surface area contributed by atoms with E-state index in [4.69, 9.17) is 16.9 Å². The predicted octanol–water partition coefficient (Wildman–Crippen LogP) is 0.472. The van der Waals surface area contributed by atoms with E-state index in [1.54, 1.807) is 30.3 Å². The van der Waals surface area contributed by atoms with Crippen molar-refractivity contribution < 1.29 is 14.6 Å². The van der Waals surface area contributed by atoms with Crippen LogP contribution in [0.2, 0.25) is 0 Å². The van der Waals surface area contributed by atoms with Crippen LogP contribution in [0.5, 0.6) is 0 Å². The number of amides is 1. The number of benzene rings is 2. The molecule has 0 aliphatic carbocycles. The van der Waals surface area contributed by atoms with Crippen LogP contribution in [0.15, 0.2) is 42.5 Å². The van der Waals surface area contributed by atoms with Crippen molar-refractivity contribution in [3.05, 3.63) is 65.0 Å². The van der Waals surface area contributed by atoms with E-state index < -0.39 is 5.82 Å². The van der Waals surface area contributed by atoms with Gasteiger partial charge in [0.2, 0.25) is 5.71 Å². The molecule has 1 amide bonds. The fraction of sp³-hybridized carbons (Fsp3) is 0.222. The highest BCUT2D eigenvalue weighted by molar-refractivity contribution is 6.13. The molecule has 2 aromatic rings. The number of carbonyl (C=O) groups is 1. The average Bonchev–Trinajstić information content (AvgIpc) is 2.59. The number of hydrogen-bond acceptors (Lipinski definition) is 3. The first-order valence-electron chi connectivity index (χ1n) is 7.75. The standard InChI is InChI=1S/C18H21FN4O/c1-2-14(10-20)23-18(24)12-6-7-16(21)15(9-12)17(22)11-4-3-5-13(19)8-11/h3-9,14,22H,2,10,20-21H2,1H3,(H,23,24)/p+1/t14-/m0/s1. The highest BCUT2D eigenvalue weighted by Gasteiger charge is 2.18. The second-order valence-electron chi connectivity index (χ2n) is 5.54. The molecular weight excluding hydrogens is 307 g/mol. The Morgan fingerprint density at radius 1 is 1.25 bits per heavy atom. The maximum absolute atomic E-state index is 13.4. The number of hydrogen-bond donors (Lipinski definition) is 4. The zero-order valence-electron chi connectivity index (χ0n) is 13.6. The summed E-state index contributed by atoms with van der Waals surface area (Å²) in [5, 5.41) is 8.98. The zero-order chi connectivity index (χ0) is 17.7. The summed E-state index contributed by atoms with van der Waals surface area (Å²) in [4.78, 5) is 12.3. The van der Waals surface area contributed by atoms with E-state index in [0.717, 1.165) is 6.42 Å². The molecule has 0 aliphatic rings. The minimum absolute atomic E-state index is 0.0944. The van der Waals surface area contributed by atoms with Crippen LogP contribution < -0.4 is 22.2 Å². The molecule has 0 heterocycles. The molecule has 5 nitrogen and oxygen atoms in total. The summed E-state index contributed by atoms with van der Waals surface area (Å²) in [7, 11) is 0. The summed E-state index contributed by atoms with van der Waals surface area (Å²) >= 11 is 0. The van der Waals surface area contributed by atoms with Gasteiger partial charge in [0, 0.05) is 29.4 Å². The number of anilines is 1. The Balaban J connectivity index is 2.31. The molecule has 6 heteroatoms. The second-order valence-corrected chi connectivity index (χ2v) is 5.54. The quantitative estimate of drug-likeness (QED) is 0.457. The van der Waals surface area contributed by atoms with E-state index in [1.165, 1.54) is 12.1 Å². The van der Waals surface area contributed by atoms with Gasteiger partial charge in [0.15, 0.2) is 0 Å². The summed E-state index contributed by atoms with van der Waals surface area (Å²) < 4.78 is 13.4. The molecule has 7 N–H and O–H groups in total. The summed E-state index contributed by atoms with van der Waals surface area (Å²) in [5.74, 6) is -0.641. The van der Waals surface area contributed by atoms with Crippen LogP contribution in [-0.4, -0.2) is 24.2 Å². The van der Waals surface area contributed by atoms with Crippen molar-refractivity contribution >= 4 is 17.3 Å². The van der Waals surface area contributed by atoms with Crippen LogP contribution >= 0.6 is 0 Å². The van der Waals surface area contributed by atoms with Crippen LogP contribution in [0, 0.1) is 5.82 Å². The highest BCUT2D eigenvalue weighted by Crippen LogP contribution is 2.18. The molecule has 126 valence electrons. The highest BCUT2D eigenvalue weighted by atomic mass is 19.1. The number of carbonyl (C=O) groups excluding carboxylic acids is 1. The molecule has 0 saturated heterocycles. The maximum Gasteiger partial charge on any atom is 0.251 e. The Morgan fingerprint density at radius 2 is 2.00 bits per heavy atom. The van der Waals surface area contributed by atoms with E-state index in [9.17, 15) is 9.18 Å². The molecule has 0 unspecified atom stereocenters. The molecule has 0 spiro atoms. The Hall–Kier alpha value is -2.73. The minimum Gasteiger partial charge on any atom is -0.398 e. The van der Waals surface area contributed by atoms with Gasteiger partial charge in [-0.2, -0.15) is 0 Å². The first-order chi connectivity index (χ1) is 11.5. The van der Waals surface area contributed by atoms with Gasteiger partial charge in [-0.05, 0) is 42.8 Å². The van der Waals surface area contributed by atoms with Gasteiger partial charge >= 0.3 is 0 Å². The van der Waals surface area contributed by atoms with Crippen LogP contribution in [0.3, 0.4) is 0 Å². The third kappa shape index (κ3) is 3.97. The Bertz CT molecular complexity index is 756. The average molecular weight is 329 g/mol. The van der Waals surface area contributed by atoms with Crippen LogP contribution in [0.1, 0.15) is 34.8 Å². The summed E-state index contributed by atoms with van der Waals surface area (Å²) in [6.45, 7) is 2.31. The van der Waals surface area contributed by atoms with Crippen molar-refractivity contribution in [3.63, 3.8) is 0 Å². The zero-order valence-corrected chi connectivity index (χ0v) is 13.6. The number of nitrogens with two attached hydrogens (primary N) is 3. The van der Waals surface area contributed by atoms with Crippen molar-refractivity contribution in [2.45, 2.75) is 19.4 Å². The van der Waals surface area contributed by atoms with E-state index in [1.807, 2.05) is 6.92 Å². The molecule has 24 heavy (non-hydrogen) atoms. The summed E-state index contributed by atoms with van der Waals surface area (Å²) in [6, 6.07) is 10.7. The number of rotatable bonds is 6. The predicted molar refractivity (Wildman–Crippen MR) is 93.0 cm³/mol. The Labute approximate surface area is 140 Å². The second kappa shape index (κ2) is 7.70. The molecule has 0 aliphatic heterocycles. The lowest BCUT2D eigenvalue weighted by Crippen LogP contribution is -2.42. The van der Waals surface area contributed by atoms with Gasteiger partial charge in [-0.3, -0.25) is 10.2 Å². The van der Waals surface area contributed by atoms with Gasteiger partial charge < -0.3 is 16.8 Å². The maximum atomic E-state index is 13.4. The van der Waals surface area contributed by atoms with Gasteiger partial charge in [-0.15, -0.1) is 0 Å². The number of nitrogens with one attached hydrogen (secondary N) is 1. The van der Waals surface area contributed by atoms with E-state index >= 15 is 0 Å². The molecule has 2 rings (SSSR count). The van der Waals surface area contributed by atoms with Crippen LogP contribution in [0.25, 0.3) is 0 Å². The molecule has 2 aromatic carbocycles. The molecular formula is C18H22FN4O+. The lowest BCUT2D eigenvalue weighted by Gasteiger charge is -2.15. The molecule has 0 aromatic heterocycles. The topological polar surface area (TPSA) is 107 Å². The lowest BCUT2D eigenvalue weighted by atomic mass is 9.98. The SMILES string of the molecule is CC[C@@H](CN)NC(=O)c1ccc(N)c(C(=[NH2+])c2cccc(F)c2)c1. The minimum atomic E-state index is -0.392. The van der Waals surface area contributed by atoms with Crippen molar-refractivity contribution in [3.8, 4) is 0 Å². The van der Waals surface area contributed by atoms with Gasteiger partial charge in [-0.1, -0.05) is 13.0 Å². The molecule has 0 fully saturated rings. The van der Waals surface area contributed by atoms with Gasteiger partial charge in [-0.25, -0.2) is 4.39 Å². The van der Waals surface area contributed by atoms with Crippen LogP contribution in [-0.2, 0) is 0 Å². The molecule has 0 radical (unpaired) electrons. The van der Waals surface area contributed by atoms with Crippen molar-refractivity contribution in [1.82, 2.24) is 5.32 Å². The van der Waals surface area contributed by atoms with Gasteiger partial charge in [0.25, 0.3) is 5.91 Å². The largest absolute Gasteiger partial charge is 0.398 e. The van der Waals surface area contributed by atoms with Crippen molar-refractivity contribution in [2.75, 3.05) is 12.3 Å². The first-order valence-corrected chi connectivity index (χ1v) is 7.75. The summed E-state index contributed by atoms with van der Waals surface area (Å²) in [6.07, 6.45) is 0.738. The Morgan fingerprint density at radius 3 is 2.62 bits per heavy atom.